The smallest absolute Gasteiger partial charge is 0.248 e. The van der Waals surface area contributed by atoms with Gasteiger partial charge in [-0.1, -0.05) is 11.2 Å². The highest BCUT2D eigenvalue weighted by molar-refractivity contribution is 7.89. The van der Waals surface area contributed by atoms with E-state index in [0.717, 1.165) is 5.56 Å². The molecule has 0 saturated carbocycles. The van der Waals surface area contributed by atoms with Crippen molar-refractivity contribution in [2.45, 2.75) is 37.2 Å². The molecule has 1 aromatic heterocycles. The second-order valence-electron chi connectivity index (χ2n) is 6.59. The number of sulfonamides is 1. The molecule has 3 heterocycles. The Bertz CT molecular complexity index is 919. The van der Waals surface area contributed by atoms with E-state index in [1.807, 2.05) is 18.2 Å². The number of fused-ring (bicyclic) bond motifs is 1. The minimum absolute atomic E-state index is 0.0193. The van der Waals surface area contributed by atoms with Gasteiger partial charge in [0.25, 0.3) is 0 Å². The normalized spacial score (nSPS) is 23.3. The fraction of sp³-hybridized carbons (Fsp3) is 0.471. The van der Waals surface area contributed by atoms with Gasteiger partial charge in [0.1, 0.15) is 10.6 Å². The highest BCUT2D eigenvalue weighted by Gasteiger charge is 2.38. The molecule has 2 aliphatic heterocycles. The van der Waals surface area contributed by atoms with Gasteiger partial charge in [-0.25, -0.2) is 8.42 Å². The molecule has 1 fully saturated rings. The molecule has 4 rings (SSSR count). The second-order valence-corrected chi connectivity index (χ2v) is 8.47. The van der Waals surface area contributed by atoms with E-state index in [0.29, 0.717) is 30.2 Å². The number of hydrogen-bond donors (Lipinski definition) is 1. The average Bonchev–Trinajstić information content (AvgIpc) is 3.20. The Morgan fingerprint density at radius 1 is 1.23 bits per heavy atom. The van der Waals surface area contributed by atoms with Crippen molar-refractivity contribution in [1.82, 2.24) is 9.46 Å². The van der Waals surface area contributed by atoms with Gasteiger partial charge in [0.05, 0.1) is 6.10 Å². The molecule has 0 bridgehead atoms. The molecule has 9 heteroatoms. The molecular formula is C17H20N2O6S. The lowest BCUT2D eigenvalue weighted by molar-refractivity contribution is 0.0853. The van der Waals surface area contributed by atoms with Gasteiger partial charge in [-0.2, -0.15) is 4.31 Å². The third-order valence-corrected chi connectivity index (χ3v) is 7.05. The van der Waals surface area contributed by atoms with E-state index >= 15 is 0 Å². The predicted octanol–water partition coefficient (Wildman–Crippen LogP) is 1.56. The molecule has 2 aromatic rings. The van der Waals surface area contributed by atoms with Crippen LogP contribution in [0.15, 0.2) is 27.6 Å². The van der Waals surface area contributed by atoms with Crippen LogP contribution in [-0.4, -0.2) is 49.0 Å². The maximum atomic E-state index is 12.9. The number of rotatable bonds is 3. The van der Waals surface area contributed by atoms with Gasteiger partial charge < -0.3 is 19.1 Å². The molecule has 0 aliphatic carbocycles. The summed E-state index contributed by atoms with van der Waals surface area (Å²) >= 11 is 0. The fourth-order valence-corrected chi connectivity index (χ4v) is 5.39. The van der Waals surface area contributed by atoms with E-state index < -0.39 is 16.1 Å². The standard InChI is InChI=1S/C17H20N2O6S/c1-10-17(11(2)25-18-10)26(21,22)19-6-5-13(14(20)8-19)12-3-4-15-16(7-12)24-9-23-15/h3-4,7,13-14,20H,5-6,8-9H2,1-2H3/t13-,14+/m1/s1. The first-order chi connectivity index (χ1) is 12.4. The van der Waals surface area contributed by atoms with Crippen LogP contribution >= 0.6 is 0 Å². The first kappa shape index (κ1) is 17.3. The summed E-state index contributed by atoms with van der Waals surface area (Å²) in [5.74, 6) is 1.43. The number of aromatic nitrogens is 1. The van der Waals surface area contributed by atoms with Gasteiger partial charge in [0.2, 0.25) is 16.8 Å². The first-order valence-corrected chi connectivity index (χ1v) is 9.82. The van der Waals surface area contributed by atoms with Gasteiger partial charge in [-0.3, -0.25) is 0 Å². The monoisotopic (exact) mass is 380 g/mol. The quantitative estimate of drug-likeness (QED) is 0.862. The molecule has 2 aliphatic rings. The first-order valence-electron chi connectivity index (χ1n) is 8.38. The average molecular weight is 380 g/mol. The molecular weight excluding hydrogens is 360 g/mol. The predicted molar refractivity (Wildman–Crippen MR) is 90.7 cm³/mol. The summed E-state index contributed by atoms with van der Waals surface area (Å²) in [7, 11) is -3.76. The molecule has 0 radical (unpaired) electrons. The zero-order valence-corrected chi connectivity index (χ0v) is 15.3. The van der Waals surface area contributed by atoms with Crippen molar-refractivity contribution < 1.29 is 27.5 Å². The second kappa shape index (κ2) is 6.26. The van der Waals surface area contributed by atoms with Crippen molar-refractivity contribution in [3.63, 3.8) is 0 Å². The van der Waals surface area contributed by atoms with Crippen molar-refractivity contribution in [3.05, 3.63) is 35.2 Å². The summed E-state index contributed by atoms with van der Waals surface area (Å²) in [4.78, 5) is 0.0891. The molecule has 0 unspecified atom stereocenters. The van der Waals surface area contributed by atoms with E-state index in [4.69, 9.17) is 14.0 Å². The third kappa shape index (κ3) is 2.76. The lowest BCUT2D eigenvalue weighted by atomic mass is 9.88. The Labute approximate surface area is 151 Å². The number of ether oxygens (including phenoxy) is 2. The zero-order chi connectivity index (χ0) is 18.5. The molecule has 1 N–H and O–H groups in total. The van der Waals surface area contributed by atoms with Crippen LogP contribution in [0.5, 0.6) is 11.5 Å². The van der Waals surface area contributed by atoms with Gasteiger partial charge in [-0.15, -0.1) is 0 Å². The molecule has 0 amide bonds. The fourth-order valence-electron chi connectivity index (χ4n) is 3.63. The number of piperidine rings is 1. The third-order valence-electron chi connectivity index (χ3n) is 4.94. The van der Waals surface area contributed by atoms with Crippen molar-refractivity contribution in [3.8, 4) is 11.5 Å². The Morgan fingerprint density at radius 3 is 2.69 bits per heavy atom. The number of benzene rings is 1. The van der Waals surface area contributed by atoms with Crippen molar-refractivity contribution in [1.29, 1.82) is 0 Å². The van der Waals surface area contributed by atoms with Crippen LogP contribution in [0, 0.1) is 13.8 Å². The van der Waals surface area contributed by atoms with E-state index in [1.165, 1.54) is 4.31 Å². The number of aliphatic hydroxyl groups excluding tert-OH is 1. The summed E-state index contributed by atoms with van der Waals surface area (Å²) in [6.07, 6.45) is -0.317. The number of aryl methyl sites for hydroxylation is 2. The zero-order valence-electron chi connectivity index (χ0n) is 14.5. The van der Waals surface area contributed by atoms with Gasteiger partial charge in [-0.05, 0) is 38.0 Å². The van der Waals surface area contributed by atoms with Crippen molar-refractivity contribution >= 4 is 10.0 Å². The van der Waals surface area contributed by atoms with Crippen LogP contribution in [0.3, 0.4) is 0 Å². The van der Waals surface area contributed by atoms with E-state index in [9.17, 15) is 13.5 Å². The molecule has 1 saturated heterocycles. The summed E-state index contributed by atoms with van der Waals surface area (Å²) in [5.41, 5.74) is 1.24. The van der Waals surface area contributed by atoms with E-state index in [1.54, 1.807) is 13.8 Å². The largest absolute Gasteiger partial charge is 0.454 e. The van der Waals surface area contributed by atoms with Crippen LogP contribution in [0.1, 0.15) is 29.4 Å². The molecule has 0 spiro atoms. The number of aliphatic hydroxyl groups is 1. The molecule has 8 nitrogen and oxygen atoms in total. The number of β-amino-alcohol motifs (C(OH)–C–C–N with tert-alkyl or cyclic N) is 1. The lowest BCUT2D eigenvalue weighted by Crippen LogP contribution is -2.45. The van der Waals surface area contributed by atoms with Crippen LogP contribution < -0.4 is 9.47 Å². The van der Waals surface area contributed by atoms with Gasteiger partial charge in [0, 0.05) is 19.0 Å². The van der Waals surface area contributed by atoms with Gasteiger partial charge in [0.15, 0.2) is 17.3 Å². The Morgan fingerprint density at radius 2 is 2.00 bits per heavy atom. The van der Waals surface area contributed by atoms with Crippen molar-refractivity contribution in [2.24, 2.45) is 0 Å². The lowest BCUT2D eigenvalue weighted by Gasteiger charge is -2.35. The minimum atomic E-state index is -3.76. The van der Waals surface area contributed by atoms with E-state index in [2.05, 4.69) is 5.16 Å². The minimum Gasteiger partial charge on any atom is -0.454 e. The van der Waals surface area contributed by atoms with Crippen LogP contribution in [-0.2, 0) is 10.0 Å². The van der Waals surface area contributed by atoms with E-state index in [-0.39, 0.29) is 29.9 Å². The highest BCUT2D eigenvalue weighted by Crippen LogP contribution is 2.38. The highest BCUT2D eigenvalue weighted by atomic mass is 32.2. The van der Waals surface area contributed by atoms with Gasteiger partial charge >= 0.3 is 0 Å². The maximum absolute atomic E-state index is 12.9. The summed E-state index contributed by atoms with van der Waals surface area (Å²) in [5, 5.41) is 14.3. The van der Waals surface area contributed by atoms with Crippen molar-refractivity contribution in [2.75, 3.05) is 19.9 Å². The SMILES string of the molecule is Cc1noc(C)c1S(=O)(=O)N1CC[C@H](c2ccc3c(c2)OCO3)[C@@H](O)C1. The Balaban J connectivity index is 1.55. The summed E-state index contributed by atoms with van der Waals surface area (Å²) in [6, 6.07) is 5.56. The molecule has 2 atom stereocenters. The topological polar surface area (TPSA) is 102 Å². The molecule has 26 heavy (non-hydrogen) atoms. The Hall–Kier alpha value is -2.10. The number of nitrogens with zero attached hydrogens (tertiary/aromatic N) is 2. The number of hydrogen-bond acceptors (Lipinski definition) is 7. The Kier molecular flexibility index (Phi) is 4.17. The summed E-state index contributed by atoms with van der Waals surface area (Å²) < 4.78 is 42.8. The maximum Gasteiger partial charge on any atom is 0.248 e. The molecule has 1 aromatic carbocycles. The van der Waals surface area contributed by atoms with Crippen LogP contribution in [0.4, 0.5) is 0 Å². The summed E-state index contributed by atoms with van der Waals surface area (Å²) in [6.45, 7) is 3.69. The van der Waals surface area contributed by atoms with Crippen LogP contribution in [0.25, 0.3) is 0 Å². The molecule has 140 valence electrons. The van der Waals surface area contributed by atoms with Crippen LogP contribution in [0.2, 0.25) is 0 Å².